The number of rotatable bonds is 4. The molecule has 0 aliphatic heterocycles. The van der Waals surface area contributed by atoms with Gasteiger partial charge < -0.3 is 5.32 Å². The Labute approximate surface area is 123 Å². The number of anilines is 1. The average Bonchev–Trinajstić information content (AvgIpc) is 2.40. The Morgan fingerprint density at radius 2 is 2.05 bits per heavy atom. The van der Waals surface area contributed by atoms with Gasteiger partial charge in [0, 0.05) is 18.3 Å². The fourth-order valence-electron chi connectivity index (χ4n) is 1.79. The Morgan fingerprint density at radius 3 is 2.65 bits per heavy atom. The highest BCUT2D eigenvalue weighted by atomic mass is 79.9. The van der Waals surface area contributed by atoms with Crippen LogP contribution in [0.1, 0.15) is 11.1 Å². The molecule has 0 unspecified atom stereocenters. The highest BCUT2D eigenvalue weighted by Gasteiger charge is 2.11. The van der Waals surface area contributed by atoms with Crippen molar-refractivity contribution in [3.05, 3.63) is 67.9 Å². The lowest BCUT2D eigenvalue weighted by molar-refractivity contribution is -0.385. The number of hydrogen-bond acceptors (Lipinski definition) is 3. The summed E-state index contributed by atoms with van der Waals surface area (Å²) >= 11 is 3.16. The Morgan fingerprint density at radius 1 is 1.30 bits per heavy atom. The van der Waals surface area contributed by atoms with Crippen LogP contribution in [0.15, 0.2) is 40.9 Å². The summed E-state index contributed by atoms with van der Waals surface area (Å²) in [7, 11) is 0. The SMILES string of the molecule is Cc1cc(CNc2ccc([N+](=O)[O-])c(Br)c2)ccc1F. The molecule has 0 atom stereocenters. The van der Waals surface area contributed by atoms with Crippen LogP contribution in [0.25, 0.3) is 0 Å². The first-order valence-electron chi connectivity index (χ1n) is 5.90. The van der Waals surface area contributed by atoms with Crippen LogP contribution in [0, 0.1) is 22.9 Å². The van der Waals surface area contributed by atoms with Crippen molar-refractivity contribution in [2.75, 3.05) is 5.32 Å². The molecule has 0 saturated heterocycles. The van der Waals surface area contributed by atoms with Crippen LogP contribution in [0.4, 0.5) is 15.8 Å². The number of nitro groups is 1. The van der Waals surface area contributed by atoms with Gasteiger partial charge >= 0.3 is 0 Å². The van der Waals surface area contributed by atoms with Gasteiger partial charge in [0.05, 0.1) is 9.40 Å². The molecular formula is C14H12BrFN2O2. The van der Waals surface area contributed by atoms with Gasteiger partial charge in [-0.3, -0.25) is 10.1 Å². The van der Waals surface area contributed by atoms with Crippen molar-refractivity contribution in [2.45, 2.75) is 13.5 Å². The minimum absolute atomic E-state index is 0.0215. The molecule has 0 aliphatic carbocycles. The Hall–Kier alpha value is -1.95. The van der Waals surface area contributed by atoms with E-state index in [0.29, 0.717) is 16.6 Å². The third kappa shape index (κ3) is 3.33. The Kier molecular flexibility index (Phi) is 4.34. The molecule has 6 heteroatoms. The van der Waals surface area contributed by atoms with E-state index < -0.39 is 4.92 Å². The molecule has 2 rings (SSSR count). The lowest BCUT2D eigenvalue weighted by atomic mass is 10.1. The van der Waals surface area contributed by atoms with E-state index in [1.54, 1.807) is 31.2 Å². The monoisotopic (exact) mass is 338 g/mol. The van der Waals surface area contributed by atoms with Crippen molar-refractivity contribution in [3.8, 4) is 0 Å². The zero-order valence-electron chi connectivity index (χ0n) is 10.7. The molecule has 0 bridgehead atoms. The van der Waals surface area contributed by atoms with E-state index in [9.17, 15) is 14.5 Å². The maximum Gasteiger partial charge on any atom is 0.283 e. The van der Waals surface area contributed by atoms with Gasteiger partial charge in [0.15, 0.2) is 0 Å². The number of nitro benzene ring substituents is 1. The fraction of sp³-hybridized carbons (Fsp3) is 0.143. The van der Waals surface area contributed by atoms with Crippen LogP contribution >= 0.6 is 15.9 Å². The van der Waals surface area contributed by atoms with Crippen molar-refractivity contribution in [2.24, 2.45) is 0 Å². The van der Waals surface area contributed by atoms with E-state index in [1.165, 1.54) is 12.1 Å². The molecule has 0 fully saturated rings. The number of halogens is 2. The maximum atomic E-state index is 13.1. The number of aryl methyl sites for hydroxylation is 1. The summed E-state index contributed by atoms with van der Waals surface area (Å²) < 4.78 is 13.6. The standard InChI is InChI=1S/C14H12BrFN2O2/c1-9-6-10(2-4-13(9)16)8-17-11-3-5-14(18(19)20)12(15)7-11/h2-7,17H,8H2,1H3. The second kappa shape index (κ2) is 6.00. The average molecular weight is 339 g/mol. The van der Waals surface area contributed by atoms with Crippen LogP contribution < -0.4 is 5.32 Å². The van der Waals surface area contributed by atoms with Crippen molar-refractivity contribution >= 4 is 27.3 Å². The fourth-order valence-corrected chi connectivity index (χ4v) is 2.31. The highest BCUT2D eigenvalue weighted by molar-refractivity contribution is 9.10. The Bertz CT molecular complexity index is 662. The predicted molar refractivity (Wildman–Crippen MR) is 79.3 cm³/mol. The summed E-state index contributed by atoms with van der Waals surface area (Å²) in [6.45, 7) is 2.23. The molecule has 0 radical (unpaired) electrons. The first kappa shape index (κ1) is 14.5. The topological polar surface area (TPSA) is 55.2 Å². The third-order valence-electron chi connectivity index (χ3n) is 2.86. The van der Waals surface area contributed by atoms with E-state index in [0.717, 1.165) is 11.3 Å². The van der Waals surface area contributed by atoms with E-state index >= 15 is 0 Å². The lowest BCUT2D eigenvalue weighted by Crippen LogP contribution is -2.00. The molecule has 4 nitrogen and oxygen atoms in total. The summed E-state index contributed by atoms with van der Waals surface area (Å²) in [5, 5.41) is 13.8. The largest absolute Gasteiger partial charge is 0.381 e. The first-order valence-corrected chi connectivity index (χ1v) is 6.69. The van der Waals surface area contributed by atoms with Gasteiger partial charge in [-0.15, -0.1) is 0 Å². The van der Waals surface area contributed by atoms with E-state index in [1.807, 2.05) is 0 Å². The van der Waals surface area contributed by atoms with Gasteiger partial charge in [0.25, 0.3) is 5.69 Å². The summed E-state index contributed by atoms with van der Waals surface area (Å²) in [6.07, 6.45) is 0. The number of benzene rings is 2. The van der Waals surface area contributed by atoms with E-state index in [2.05, 4.69) is 21.2 Å². The van der Waals surface area contributed by atoms with Crippen LogP contribution in [0.2, 0.25) is 0 Å². The van der Waals surface area contributed by atoms with Crippen molar-refractivity contribution < 1.29 is 9.31 Å². The van der Waals surface area contributed by atoms with E-state index in [-0.39, 0.29) is 11.5 Å². The summed E-state index contributed by atoms with van der Waals surface area (Å²) in [4.78, 5) is 10.3. The molecular weight excluding hydrogens is 327 g/mol. The highest BCUT2D eigenvalue weighted by Crippen LogP contribution is 2.27. The molecule has 0 aromatic heterocycles. The Balaban J connectivity index is 2.09. The second-order valence-corrected chi connectivity index (χ2v) is 5.21. The molecule has 0 amide bonds. The number of nitrogens with zero attached hydrogens (tertiary/aromatic N) is 1. The zero-order chi connectivity index (χ0) is 14.7. The minimum atomic E-state index is -0.447. The van der Waals surface area contributed by atoms with Crippen molar-refractivity contribution in [1.82, 2.24) is 0 Å². The molecule has 0 heterocycles. The van der Waals surface area contributed by atoms with Gasteiger partial charge in [0.1, 0.15) is 5.82 Å². The first-order chi connectivity index (χ1) is 9.47. The summed E-state index contributed by atoms with van der Waals surface area (Å²) in [5.41, 5.74) is 2.31. The van der Waals surface area contributed by atoms with Gasteiger partial charge in [-0.2, -0.15) is 0 Å². The van der Waals surface area contributed by atoms with Gasteiger partial charge in [-0.05, 0) is 52.2 Å². The summed E-state index contributed by atoms with van der Waals surface area (Å²) in [5.74, 6) is -0.230. The molecule has 0 saturated carbocycles. The third-order valence-corrected chi connectivity index (χ3v) is 3.50. The lowest BCUT2D eigenvalue weighted by Gasteiger charge is -2.08. The van der Waals surface area contributed by atoms with E-state index in [4.69, 9.17) is 0 Å². The molecule has 2 aromatic rings. The number of hydrogen-bond donors (Lipinski definition) is 1. The quantitative estimate of drug-likeness (QED) is 0.663. The molecule has 0 aliphatic rings. The normalized spacial score (nSPS) is 10.3. The van der Waals surface area contributed by atoms with Gasteiger partial charge in [-0.25, -0.2) is 4.39 Å². The van der Waals surface area contributed by atoms with Crippen molar-refractivity contribution in [1.29, 1.82) is 0 Å². The minimum Gasteiger partial charge on any atom is -0.381 e. The number of nitrogens with one attached hydrogen (secondary N) is 1. The maximum absolute atomic E-state index is 13.1. The molecule has 20 heavy (non-hydrogen) atoms. The molecule has 2 aromatic carbocycles. The van der Waals surface area contributed by atoms with Crippen LogP contribution in [-0.4, -0.2) is 4.92 Å². The predicted octanol–water partition coefficient (Wildman–Crippen LogP) is 4.42. The van der Waals surface area contributed by atoms with Crippen LogP contribution in [0.3, 0.4) is 0 Å². The van der Waals surface area contributed by atoms with Crippen LogP contribution in [-0.2, 0) is 6.54 Å². The smallest absolute Gasteiger partial charge is 0.283 e. The molecule has 0 spiro atoms. The molecule has 104 valence electrons. The van der Waals surface area contributed by atoms with Crippen LogP contribution in [0.5, 0.6) is 0 Å². The van der Waals surface area contributed by atoms with Gasteiger partial charge in [-0.1, -0.05) is 12.1 Å². The molecule has 1 N–H and O–H groups in total. The second-order valence-electron chi connectivity index (χ2n) is 4.36. The van der Waals surface area contributed by atoms with Crippen molar-refractivity contribution in [3.63, 3.8) is 0 Å². The van der Waals surface area contributed by atoms with Gasteiger partial charge in [0.2, 0.25) is 0 Å². The summed E-state index contributed by atoms with van der Waals surface area (Å²) in [6, 6.07) is 9.62. The zero-order valence-corrected chi connectivity index (χ0v) is 12.3.